The van der Waals surface area contributed by atoms with E-state index in [0.29, 0.717) is 12.1 Å². The molecule has 0 spiro atoms. The maximum absolute atomic E-state index is 12.7. The second-order valence-corrected chi connectivity index (χ2v) is 4.75. The molecule has 0 aliphatic rings. The zero-order valence-electron chi connectivity index (χ0n) is 12.8. The minimum absolute atomic E-state index is 0.204. The molecule has 0 atom stereocenters. The molecule has 0 heterocycles. The number of nitrogens with zero attached hydrogens (tertiary/aromatic N) is 1. The number of hydrogen-bond acceptors (Lipinski definition) is 4. The van der Waals surface area contributed by atoms with Gasteiger partial charge in [-0.25, -0.2) is 9.82 Å². The van der Waals surface area contributed by atoms with Gasteiger partial charge in [-0.15, -0.1) is 0 Å². The number of hydrogen-bond donors (Lipinski definition) is 2. The van der Waals surface area contributed by atoms with E-state index in [4.69, 9.17) is 4.74 Å². The normalized spacial score (nSPS) is 10.5. The maximum atomic E-state index is 12.7. The minimum Gasteiger partial charge on any atom is -0.497 e. The highest BCUT2D eigenvalue weighted by atomic mass is 19.1. The third-order valence-electron chi connectivity index (χ3n) is 3.04. The molecule has 2 aromatic rings. The Morgan fingerprint density at radius 1 is 1.17 bits per heavy atom. The summed E-state index contributed by atoms with van der Waals surface area (Å²) in [6, 6.07) is 13.3. The second kappa shape index (κ2) is 8.53. The van der Waals surface area contributed by atoms with Gasteiger partial charge in [-0.1, -0.05) is 12.1 Å². The number of amides is 1. The topological polar surface area (TPSA) is 62.7 Å². The summed E-state index contributed by atoms with van der Waals surface area (Å²) in [5.41, 5.74) is 4.05. The van der Waals surface area contributed by atoms with Gasteiger partial charge in [0.2, 0.25) is 5.91 Å². The molecule has 5 nitrogen and oxygen atoms in total. The van der Waals surface area contributed by atoms with Crippen molar-refractivity contribution in [1.29, 1.82) is 0 Å². The Bertz CT molecular complexity index is 655. The van der Waals surface area contributed by atoms with E-state index in [-0.39, 0.29) is 18.1 Å². The molecule has 2 N–H and O–H groups in total. The van der Waals surface area contributed by atoms with Crippen molar-refractivity contribution in [3.8, 4) is 5.75 Å². The molecular weight excluding hydrogens is 297 g/mol. The number of anilines is 1. The van der Waals surface area contributed by atoms with Gasteiger partial charge in [-0.2, -0.15) is 5.10 Å². The highest BCUT2D eigenvalue weighted by Crippen LogP contribution is 2.14. The molecule has 1 amide bonds. The monoisotopic (exact) mass is 315 g/mol. The first-order valence-corrected chi connectivity index (χ1v) is 7.13. The number of benzene rings is 2. The molecule has 0 aliphatic heterocycles. The quantitative estimate of drug-likeness (QED) is 0.610. The second-order valence-electron chi connectivity index (χ2n) is 4.75. The number of halogens is 1. The zero-order valence-corrected chi connectivity index (χ0v) is 12.8. The molecule has 0 aromatic heterocycles. The summed E-state index contributed by atoms with van der Waals surface area (Å²) in [5.74, 6) is 0.267. The van der Waals surface area contributed by atoms with E-state index in [0.717, 1.165) is 11.4 Å². The maximum Gasteiger partial charge on any atom is 0.241 e. The largest absolute Gasteiger partial charge is 0.497 e. The van der Waals surface area contributed by atoms with Gasteiger partial charge >= 0.3 is 0 Å². The van der Waals surface area contributed by atoms with Crippen LogP contribution in [0, 0.1) is 5.82 Å². The van der Waals surface area contributed by atoms with Crippen molar-refractivity contribution in [1.82, 2.24) is 5.43 Å². The Hall–Kier alpha value is -2.89. The Morgan fingerprint density at radius 3 is 2.52 bits per heavy atom. The fraction of sp³-hybridized carbons (Fsp3) is 0.176. The lowest BCUT2D eigenvalue weighted by Crippen LogP contribution is -2.20. The van der Waals surface area contributed by atoms with Crippen LogP contribution in [-0.2, 0) is 4.79 Å². The summed E-state index contributed by atoms with van der Waals surface area (Å²) in [4.78, 5) is 11.6. The van der Waals surface area contributed by atoms with Crippen LogP contribution < -0.4 is 15.5 Å². The Morgan fingerprint density at radius 2 is 1.87 bits per heavy atom. The number of nitrogens with one attached hydrogen (secondary N) is 2. The van der Waals surface area contributed by atoms with Gasteiger partial charge in [0.1, 0.15) is 11.6 Å². The van der Waals surface area contributed by atoms with Crippen LogP contribution in [0.5, 0.6) is 5.75 Å². The summed E-state index contributed by atoms with van der Waals surface area (Å²) < 4.78 is 17.8. The van der Waals surface area contributed by atoms with Crippen molar-refractivity contribution in [2.24, 2.45) is 5.10 Å². The molecule has 0 bridgehead atoms. The van der Waals surface area contributed by atoms with Crippen LogP contribution in [0.4, 0.5) is 10.1 Å². The van der Waals surface area contributed by atoms with Gasteiger partial charge in [0.25, 0.3) is 0 Å². The molecule has 6 heteroatoms. The number of rotatable bonds is 7. The number of carbonyl (C=O) groups excluding carboxylic acids is 1. The van der Waals surface area contributed by atoms with Gasteiger partial charge in [-0.3, -0.25) is 4.79 Å². The highest BCUT2D eigenvalue weighted by Gasteiger charge is 1.99. The highest BCUT2D eigenvalue weighted by molar-refractivity contribution is 5.82. The third-order valence-corrected chi connectivity index (χ3v) is 3.04. The lowest BCUT2D eigenvalue weighted by molar-refractivity contribution is -0.120. The predicted molar refractivity (Wildman–Crippen MR) is 88.2 cm³/mol. The number of methoxy groups -OCH3 is 1. The van der Waals surface area contributed by atoms with Crippen molar-refractivity contribution >= 4 is 17.8 Å². The first kappa shape index (κ1) is 16.5. The van der Waals surface area contributed by atoms with Crippen LogP contribution in [0.3, 0.4) is 0 Å². The number of ether oxygens (including phenoxy) is 1. The molecule has 23 heavy (non-hydrogen) atoms. The van der Waals surface area contributed by atoms with Gasteiger partial charge in [0.15, 0.2) is 0 Å². The molecular formula is C17H18FN3O2. The SMILES string of the molecule is COc1ccc(NCCC(=O)N/N=C/c2ccc(F)cc2)cc1. The molecule has 0 radical (unpaired) electrons. The summed E-state index contributed by atoms with van der Waals surface area (Å²) in [7, 11) is 1.61. The molecule has 2 rings (SSSR count). The van der Waals surface area contributed by atoms with Crippen molar-refractivity contribution in [3.63, 3.8) is 0 Å². The minimum atomic E-state index is -0.309. The van der Waals surface area contributed by atoms with Crippen LogP contribution in [-0.4, -0.2) is 25.8 Å². The standard InChI is InChI=1S/C17H18FN3O2/c1-23-16-8-6-15(7-9-16)19-11-10-17(22)21-20-12-13-2-4-14(18)5-3-13/h2-9,12,19H,10-11H2,1H3,(H,21,22)/b20-12+. The van der Waals surface area contributed by atoms with Crippen molar-refractivity contribution < 1.29 is 13.9 Å². The fourth-order valence-electron chi connectivity index (χ4n) is 1.81. The summed E-state index contributed by atoms with van der Waals surface area (Å²) >= 11 is 0. The Balaban J connectivity index is 1.69. The van der Waals surface area contributed by atoms with Crippen LogP contribution in [0.2, 0.25) is 0 Å². The van der Waals surface area contributed by atoms with Crippen LogP contribution >= 0.6 is 0 Å². The zero-order chi connectivity index (χ0) is 16.5. The molecule has 120 valence electrons. The lowest BCUT2D eigenvalue weighted by Gasteiger charge is -2.06. The smallest absolute Gasteiger partial charge is 0.241 e. The van der Waals surface area contributed by atoms with Gasteiger partial charge in [-0.05, 0) is 42.0 Å². The van der Waals surface area contributed by atoms with Crippen LogP contribution in [0.25, 0.3) is 0 Å². The first-order chi connectivity index (χ1) is 11.2. The molecule has 0 aliphatic carbocycles. The van der Waals surface area contributed by atoms with Crippen LogP contribution in [0.15, 0.2) is 53.6 Å². The molecule has 0 fully saturated rings. The van der Waals surface area contributed by atoms with Crippen molar-refractivity contribution in [2.75, 3.05) is 19.0 Å². The van der Waals surface area contributed by atoms with E-state index in [1.807, 2.05) is 24.3 Å². The van der Waals surface area contributed by atoms with Gasteiger partial charge < -0.3 is 10.1 Å². The van der Waals surface area contributed by atoms with E-state index in [2.05, 4.69) is 15.8 Å². The third kappa shape index (κ3) is 5.78. The Kier molecular flexibility index (Phi) is 6.11. The van der Waals surface area contributed by atoms with Crippen molar-refractivity contribution in [2.45, 2.75) is 6.42 Å². The molecule has 2 aromatic carbocycles. The lowest BCUT2D eigenvalue weighted by atomic mass is 10.2. The molecule has 0 saturated heterocycles. The average molecular weight is 315 g/mol. The van der Waals surface area contributed by atoms with Crippen LogP contribution in [0.1, 0.15) is 12.0 Å². The summed E-state index contributed by atoms with van der Waals surface area (Å²) in [6.07, 6.45) is 1.75. The number of carbonyl (C=O) groups is 1. The summed E-state index contributed by atoms with van der Waals surface area (Å²) in [6.45, 7) is 0.490. The first-order valence-electron chi connectivity index (χ1n) is 7.13. The summed E-state index contributed by atoms with van der Waals surface area (Å²) in [5, 5.41) is 6.96. The average Bonchev–Trinajstić information content (AvgIpc) is 2.57. The van der Waals surface area contributed by atoms with E-state index in [9.17, 15) is 9.18 Å². The molecule has 0 unspecified atom stereocenters. The predicted octanol–water partition coefficient (Wildman–Crippen LogP) is 2.79. The van der Waals surface area contributed by atoms with E-state index >= 15 is 0 Å². The van der Waals surface area contributed by atoms with E-state index in [1.54, 1.807) is 19.2 Å². The Labute approximate surface area is 134 Å². The number of hydrazone groups is 1. The van der Waals surface area contributed by atoms with Gasteiger partial charge in [0.05, 0.1) is 13.3 Å². The van der Waals surface area contributed by atoms with Crippen molar-refractivity contribution in [3.05, 3.63) is 59.9 Å². The van der Waals surface area contributed by atoms with E-state index < -0.39 is 0 Å². The fourth-order valence-corrected chi connectivity index (χ4v) is 1.81. The van der Waals surface area contributed by atoms with Gasteiger partial charge in [0, 0.05) is 18.7 Å². The van der Waals surface area contributed by atoms with E-state index in [1.165, 1.54) is 18.3 Å². The molecule has 0 saturated carbocycles.